The van der Waals surface area contributed by atoms with E-state index in [0.717, 1.165) is 12.8 Å². The van der Waals surface area contributed by atoms with Gasteiger partial charge in [0.2, 0.25) is 5.91 Å². The Labute approximate surface area is 103 Å². The molecule has 0 spiro atoms. The lowest BCUT2D eigenvalue weighted by Gasteiger charge is -2.22. The maximum Gasteiger partial charge on any atom is 0.237 e. The van der Waals surface area contributed by atoms with Crippen LogP contribution in [0.3, 0.4) is 0 Å². The number of hydrogen-bond donors (Lipinski definition) is 2. The number of amides is 1. The Bertz CT molecular complexity index is 233. The lowest BCUT2D eigenvalue weighted by Crippen LogP contribution is -2.47. The standard InChI is InChI=1S/C12H24N2OS/c1-8(2)7-9(13)12(15)14-10-5-4-6-11(10)16-3/h8-11H,4-7,13H2,1-3H3,(H,14,15)/t9-,10?,11?/m0/s1. The van der Waals surface area contributed by atoms with Crippen LogP contribution in [-0.4, -0.2) is 29.5 Å². The van der Waals surface area contributed by atoms with Crippen LogP contribution in [0, 0.1) is 5.92 Å². The molecule has 0 saturated heterocycles. The Hall–Kier alpha value is -0.220. The zero-order chi connectivity index (χ0) is 12.1. The Morgan fingerprint density at radius 1 is 1.50 bits per heavy atom. The Kier molecular flexibility index (Phi) is 5.62. The van der Waals surface area contributed by atoms with Crippen molar-refractivity contribution >= 4 is 17.7 Å². The summed E-state index contributed by atoms with van der Waals surface area (Å²) in [5, 5.41) is 3.68. The number of carbonyl (C=O) groups is 1. The number of rotatable bonds is 5. The van der Waals surface area contributed by atoms with Gasteiger partial charge in [-0.25, -0.2) is 0 Å². The third-order valence-electron chi connectivity index (χ3n) is 3.15. The molecule has 2 unspecified atom stereocenters. The highest BCUT2D eigenvalue weighted by molar-refractivity contribution is 7.99. The molecule has 1 aliphatic rings. The van der Waals surface area contributed by atoms with E-state index >= 15 is 0 Å². The molecule has 0 bridgehead atoms. The number of nitrogens with two attached hydrogens (primary N) is 1. The zero-order valence-corrected chi connectivity index (χ0v) is 11.3. The summed E-state index contributed by atoms with van der Waals surface area (Å²) in [5.41, 5.74) is 5.86. The maximum absolute atomic E-state index is 11.9. The zero-order valence-electron chi connectivity index (χ0n) is 10.5. The number of nitrogens with one attached hydrogen (secondary N) is 1. The quantitative estimate of drug-likeness (QED) is 0.775. The summed E-state index contributed by atoms with van der Waals surface area (Å²) in [6, 6.07) is -0.0104. The van der Waals surface area contributed by atoms with Crippen LogP contribution in [0.4, 0.5) is 0 Å². The summed E-state index contributed by atoms with van der Waals surface area (Å²) >= 11 is 1.85. The summed E-state index contributed by atoms with van der Waals surface area (Å²) in [4.78, 5) is 11.9. The fraction of sp³-hybridized carbons (Fsp3) is 0.917. The predicted molar refractivity (Wildman–Crippen MR) is 70.5 cm³/mol. The van der Waals surface area contributed by atoms with Gasteiger partial charge in [-0.2, -0.15) is 11.8 Å². The van der Waals surface area contributed by atoms with E-state index in [2.05, 4.69) is 25.4 Å². The minimum Gasteiger partial charge on any atom is -0.351 e. The third-order valence-corrected chi connectivity index (χ3v) is 4.31. The molecule has 0 radical (unpaired) electrons. The molecule has 1 saturated carbocycles. The van der Waals surface area contributed by atoms with E-state index in [1.54, 1.807) is 0 Å². The first-order chi connectivity index (χ1) is 7.54. The second-order valence-corrected chi connectivity index (χ2v) is 6.13. The van der Waals surface area contributed by atoms with E-state index in [0.29, 0.717) is 17.2 Å². The topological polar surface area (TPSA) is 55.1 Å². The van der Waals surface area contributed by atoms with E-state index < -0.39 is 0 Å². The smallest absolute Gasteiger partial charge is 0.237 e. The summed E-state index contributed by atoms with van der Waals surface area (Å²) in [5.74, 6) is 0.500. The second kappa shape index (κ2) is 6.50. The molecule has 1 aliphatic carbocycles. The van der Waals surface area contributed by atoms with Crippen LogP contribution >= 0.6 is 11.8 Å². The molecule has 0 aliphatic heterocycles. The van der Waals surface area contributed by atoms with Crippen molar-refractivity contribution in [2.45, 2.75) is 56.9 Å². The molecule has 0 aromatic carbocycles. The maximum atomic E-state index is 11.9. The molecule has 0 heterocycles. The molecular formula is C12H24N2OS. The largest absolute Gasteiger partial charge is 0.351 e. The van der Waals surface area contributed by atoms with Crippen LogP contribution in [0.5, 0.6) is 0 Å². The average Bonchev–Trinajstić information content (AvgIpc) is 2.64. The minimum absolute atomic E-state index is 0.0275. The van der Waals surface area contributed by atoms with Gasteiger partial charge in [0.1, 0.15) is 0 Å². The van der Waals surface area contributed by atoms with E-state index in [9.17, 15) is 4.79 Å². The van der Waals surface area contributed by atoms with Gasteiger partial charge in [-0.05, 0) is 31.4 Å². The molecule has 3 atom stereocenters. The fourth-order valence-electron chi connectivity index (χ4n) is 2.28. The molecule has 1 fully saturated rings. The number of thioether (sulfide) groups is 1. The first kappa shape index (κ1) is 13.8. The first-order valence-electron chi connectivity index (χ1n) is 6.13. The Balaban J connectivity index is 2.38. The fourth-order valence-corrected chi connectivity index (χ4v) is 3.21. The van der Waals surface area contributed by atoms with E-state index in [1.165, 1.54) is 12.8 Å². The van der Waals surface area contributed by atoms with Crippen molar-refractivity contribution in [1.82, 2.24) is 5.32 Å². The molecule has 4 heteroatoms. The molecule has 1 rings (SSSR count). The summed E-state index contributed by atoms with van der Waals surface area (Å²) in [6.45, 7) is 4.18. The third kappa shape index (κ3) is 3.98. The number of carbonyl (C=O) groups excluding carboxylic acids is 1. The lowest BCUT2D eigenvalue weighted by molar-refractivity contribution is -0.123. The van der Waals surface area contributed by atoms with E-state index in [1.807, 2.05) is 11.8 Å². The predicted octanol–water partition coefficient (Wildman–Crippen LogP) is 1.76. The van der Waals surface area contributed by atoms with Gasteiger partial charge in [-0.15, -0.1) is 0 Å². The van der Waals surface area contributed by atoms with Crippen molar-refractivity contribution in [2.24, 2.45) is 11.7 Å². The van der Waals surface area contributed by atoms with Crippen molar-refractivity contribution in [2.75, 3.05) is 6.26 Å². The summed E-state index contributed by atoms with van der Waals surface area (Å²) < 4.78 is 0. The minimum atomic E-state index is -0.344. The monoisotopic (exact) mass is 244 g/mol. The van der Waals surface area contributed by atoms with Crippen LogP contribution in [0.2, 0.25) is 0 Å². The van der Waals surface area contributed by atoms with Gasteiger partial charge < -0.3 is 11.1 Å². The molecule has 16 heavy (non-hydrogen) atoms. The molecule has 1 amide bonds. The Morgan fingerprint density at radius 3 is 2.75 bits per heavy atom. The van der Waals surface area contributed by atoms with Crippen LogP contribution < -0.4 is 11.1 Å². The molecule has 3 nitrogen and oxygen atoms in total. The van der Waals surface area contributed by atoms with Gasteiger partial charge >= 0.3 is 0 Å². The SMILES string of the molecule is CSC1CCCC1NC(=O)[C@@H](N)CC(C)C. The van der Waals surface area contributed by atoms with Crippen LogP contribution in [0.15, 0.2) is 0 Å². The summed E-state index contributed by atoms with van der Waals surface area (Å²) in [7, 11) is 0. The lowest BCUT2D eigenvalue weighted by atomic mass is 10.0. The van der Waals surface area contributed by atoms with Gasteiger partial charge in [0.25, 0.3) is 0 Å². The van der Waals surface area contributed by atoms with Crippen molar-refractivity contribution in [3.63, 3.8) is 0 Å². The van der Waals surface area contributed by atoms with Crippen molar-refractivity contribution in [1.29, 1.82) is 0 Å². The molecular weight excluding hydrogens is 220 g/mol. The van der Waals surface area contributed by atoms with Gasteiger partial charge in [0.15, 0.2) is 0 Å². The number of hydrogen-bond acceptors (Lipinski definition) is 3. The highest BCUT2D eigenvalue weighted by Gasteiger charge is 2.29. The molecule has 94 valence electrons. The van der Waals surface area contributed by atoms with Gasteiger partial charge in [-0.1, -0.05) is 20.3 Å². The van der Waals surface area contributed by atoms with E-state index in [4.69, 9.17) is 5.73 Å². The first-order valence-corrected chi connectivity index (χ1v) is 7.42. The average molecular weight is 244 g/mol. The summed E-state index contributed by atoms with van der Waals surface area (Å²) in [6.07, 6.45) is 6.42. The van der Waals surface area contributed by atoms with Crippen molar-refractivity contribution in [3.8, 4) is 0 Å². The van der Waals surface area contributed by atoms with Crippen molar-refractivity contribution < 1.29 is 4.79 Å². The van der Waals surface area contributed by atoms with E-state index in [-0.39, 0.29) is 11.9 Å². The Morgan fingerprint density at radius 2 is 2.19 bits per heavy atom. The van der Waals surface area contributed by atoms with Crippen molar-refractivity contribution in [3.05, 3.63) is 0 Å². The highest BCUT2D eigenvalue weighted by Crippen LogP contribution is 2.28. The van der Waals surface area contributed by atoms with Crippen LogP contribution in [0.25, 0.3) is 0 Å². The van der Waals surface area contributed by atoms with Gasteiger partial charge in [-0.3, -0.25) is 4.79 Å². The molecule has 0 aromatic rings. The van der Waals surface area contributed by atoms with Crippen LogP contribution in [-0.2, 0) is 4.79 Å². The normalized spacial score (nSPS) is 27.1. The molecule has 3 N–H and O–H groups in total. The highest BCUT2D eigenvalue weighted by atomic mass is 32.2. The second-order valence-electron chi connectivity index (χ2n) is 5.06. The van der Waals surface area contributed by atoms with Gasteiger partial charge in [0.05, 0.1) is 6.04 Å². The van der Waals surface area contributed by atoms with Gasteiger partial charge in [0, 0.05) is 11.3 Å². The van der Waals surface area contributed by atoms with Crippen LogP contribution in [0.1, 0.15) is 39.5 Å². The molecule has 0 aromatic heterocycles.